The Hall–Kier alpha value is 1.11. The van der Waals surface area contributed by atoms with Gasteiger partial charge in [-0.05, 0) is 70.5 Å². The van der Waals surface area contributed by atoms with E-state index in [1.54, 1.807) is 13.0 Å². The minimum Gasteiger partial charge on any atom is -0.432 e. The fourth-order valence-electron chi connectivity index (χ4n) is 0.666. The molecule has 0 unspecified atom stereocenters. The summed E-state index contributed by atoms with van der Waals surface area (Å²) in [7, 11) is -0.576. The lowest BCUT2D eigenvalue weighted by Crippen LogP contribution is -2.17. The highest BCUT2D eigenvalue weighted by Gasteiger charge is 2.08. The van der Waals surface area contributed by atoms with Crippen LogP contribution >= 0.6 is 63.7 Å². The maximum Gasteiger partial charge on any atom is 0.414 e. The van der Waals surface area contributed by atoms with Gasteiger partial charge in [0.05, 0.1) is 18.6 Å². The van der Waals surface area contributed by atoms with E-state index in [9.17, 15) is 0 Å². The Balaban J connectivity index is 0.000000336. The predicted octanol–water partition coefficient (Wildman–Crippen LogP) is 2.51. The van der Waals surface area contributed by atoms with Crippen molar-refractivity contribution < 1.29 is 10.1 Å². The molecule has 0 radical (unpaired) electrons. The fraction of sp³-hybridized carbons (Fsp3) is 0.500. The molecule has 86 valence electrons. The first-order valence-corrected chi connectivity index (χ1v) is 6.98. The molecule has 9 heteroatoms. The van der Waals surface area contributed by atoms with E-state index < -0.39 is 7.05 Å². The molecule has 0 aliphatic carbocycles. The number of hydrogen-bond donors (Lipinski definition) is 2. The van der Waals surface area contributed by atoms with E-state index >= 15 is 0 Å². The number of alkyl halides is 4. The highest BCUT2D eigenvalue weighted by molar-refractivity contribution is 9.52. The number of aromatic nitrogens is 2. The molecular weight excluding hydrogens is 463 g/mol. The van der Waals surface area contributed by atoms with Gasteiger partial charge in [0.15, 0.2) is 1.05 Å². The van der Waals surface area contributed by atoms with Gasteiger partial charge in [-0.1, -0.05) is 0 Å². The van der Waals surface area contributed by atoms with Crippen LogP contribution in [0, 0.1) is 0 Å². The van der Waals surface area contributed by atoms with Gasteiger partial charge < -0.3 is 14.6 Å². The zero-order valence-corrected chi connectivity index (χ0v) is 14.1. The highest BCUT2D eigenvalue weighted by Crippen LogP contribution is 2.39. The van der Waals surface area contributed by atoms with Gasteiger partial charge in [0.1, 0.15) is 0 Å². The van der Waals surface area contributed by atoms with E-state index in [1.807, 2.05) is 0 Å². The van der Waals surface area contributed by atoms with Gasteiger partial charge in [0, 0.05) is 6.20 Å². The lowest BCUT2D eigenvalue weighted by Gasteiger charge is -1.96. The first kappa shape index (κ1) is 16.1. The van der Waals surface area contributed by atoms with Crippen LogP contribution in [0.1, 0.15) is 5.69 Å². The minimum absolute atomic E-state index is 0.0836. The molecule has 4 nitrogen and oxygen atoms in total. The fourth-order valence-corrected chi connectivity index (χ4v) is 0.666. The van der Waals surface area contributed by atoms with Crippen LogP contribution in [-0.2, 0) is 6.61 Å². The lowest BCUT2D eigenvalue weighted by molar-refractivity contribution is 0.277. The molecular formula is C6H9BBr4N2O2. The van der Waals surface area contributed by atoms with Gasteiger partial charge >= 0.3 is 7.05 Å². The van der Waals surface area contributed by atoms with Crippen molar-refractivity contribution in [3.8, 4) is 0 Å². The molecule has 1 aromatic heterocycles. The summed E-state index contributed by atoms with van der Waals surface area (Å²) < 4.78 is 1.27. The van der Waals surface area contributed by atoms with Crippen LogP contribution in [0.5, 0.6) is 0 Å². The first-order valence-electron chi connectivity index (χ1n) is 3.81. The normalized spacial score (nSPS) is 10.6. The minimum atomic E-state index is -0.576. The number of aliphatic hydroxyl groups is 1. The average molecular weight is 472 g/mol. The van der Waals surface area contributed by atoms with Gasteiger partial charge in [-0.25, -0.2) is 4.98 Å². The summed E-state index contributed by atoms with van der Waals surface area (Å²) >= 11 is 12.5. The molecule has 1 heterocycles. The van der Waals surface area contributed by atoms with Crippen molar-refractivity contribution in [2.45, 2.75) is 14.5 Å². The van der Waals surface area contributed by atoms with Gasteiger partial charge in [-0.2, -0.15) is 0 Å². The van der Waals surface area contributed by atoms with E-state index in [0.717, 1.165) is 0 Å². The molecule has 1 aromatic rings. The van der Waals surface area contributed by atoms with Crippen LogP contribution in [0.15, 0.2) is 12.5 Å². The zero-order valence-electron chi connectivity index (χ0n) is 7.74. The summed E-state index contributed by atoms with van der Waals surface area (Å²) in [6.07, 6.45) is 3.08. The highest BCUT2D eigenvalue weighted by atomic mass is 80.0. The van der Waals surface area contributed by atoms with Crippen LogP contribution in [0.3, 0.4) is 0 Å². The summed E-state index contributed by atoms with van der Waals surface area (Å²) in [5, 5.41) is 17.5. The Labute approximate surface area is 122 Å². The average Bonchev–Trinajstić information content (AvgIpc) is 2.48. The Morgan fingerprint density at radius 3 is 2.13 bits per heavy atom. The third-order valence-electron chi connectivity index (χ3n) is 1.25. The molecule has 0 saturated heterocycles. The predicted molar refractivity (Wildman–Crippen MR) is 75.8 cm³/mol. The number of imidazole rings is 1. The van der Waals surface area contributed by atoms with E-state index in [0.29, 0.717) is 5.69 Å². The standard InChI is InChI=1S/C5H9BN2O2.CBr4/c1-6(10)8-2-5(3-9)7-4-8;2-1(3,4)5/h2,4,9-10H,3H2,1H3;. The summed E-state index contributed by atoms with van der Waals surface area (Å²) in [6, 6.07) is 0. The first-order chi connectivity index (χ1) is 6.74. The topological polar surface area (TPSA) is 58.3 Å². The van der Waals surface area contributed by atoms with Crippen LogP contribution in [0.4, 0.5) is 0 Å². The number of rotatable bonds is 2. The van der Waals surface area contributed by atoms with Crippen molar-refractivity contribution in [1.82, 2.24) is 9.46 Å². The molecule has 0 aliphatic heterocycles. The van der Waals surface area contributed by atoms with Crippen molar-refractivity contribution in [2.75, 3.05) is 0 Å². The summed E-state index contributed by atoms with van der Waals surface area (Å²) in [4.78, 5) is 3.81. The van der Waals surface area contributed by atoms with Crippen LogP contribution in [0.2, 0.25) is 6.82 Å². The maximum absolute atomic E-state index is 8.97. The van der Waals surface area contributed by atoms with Gasteiger partial charge in [-0.3, -0.25) is 0 Å². The molecule has 0 amide bonds. The van der Waals surface area contributed by atoms with Crippen molar-refractivity contribution in [3.05, 3.63) is 18.2 Å². The summed E-state index contributed by atoms with van der Waals surface area (Å²) in [6.45, 7) is 1.54. The Morgan fingerprint density at radius 1 is 1.47 bits per heavy atom. The molecule has 2 N–H and O–H groups in total. The largest absolute Gasteiger partial charge is 0.432 e. The molecule has 0 saturated carbocycles. The molecule has 0 aliphatic rings. The van der Waals surface area contributed by atoms with Crippen molar-refractivity contribution >= 4 is 70.8 Å². The molecule has 0 aromatic carbocycles. The number of hydrogen-bond acceptors (Lipinski definition) is 3. The second-order valence-corrected chi connectivity index (χ2v) is 13.7. The van der Waals surface area contributed by atoms with E-state index in [-0.39, 0.29) is 7.66 Å². The van der Waals surface area contributed by atoms with Gasteiger partial charge in [0.25, 0.3) is 0 Å². The van der Waals surface area contributed by atoms with Gasteiger partial charge in [-0.15, -0.1) is 0 Å². The smallest absolute Gasteiger partial charge is 0.414 e. The third-order valence-corrected chi connectivity index (χ3v) is 1.25. The molecule has 15 heavy (non-hydrogen) atoms. The van der Waals surface area contributed by atoms with Crippen molar-refractivity contribution in [1.29, 1.82) is 0 Å². The Morgan fingerprint density at radius 2 is 1.93 bits per heavy atom. The number of aliphatic hydroxyl groups excluding tert-OH is 1. The zero-order chi connectivity index (χ0) is 12.1. The Bertz CT molecular complexity index is 283. The van der Waals surface area contributed by atoms with E-state index in [4.69, 9.17) is 10.1 Å². The maximum atomic E-state index is 8.97. The van der Waals surface area contributed by atoms with Crippen LogP contribution in [-0.4, -0.2) is 27.7 Å². The van der Waals surface area contributed by atoms with Crippen molar-refractivity contribution in [3.63, 3.8) is 0 Å². The summed E-state index contributed by atoms with van der Waals surface area (Å²) in [5.74, 6) is 0. The Kier molecular flexibility index (Phi) is 8.00. The molecule has 0 bridgehead atoms. The molecule has 1 rings (SSSR count). The van der Waals surface area contributed by atoms with E-state index in [1.165, 1.54) is 10.8 Å². The van der Waals surface area contributed by atoms with Crippen LogP contribution < -0.4 is 0 Å². The van der Waals surface area contributed by atoms with Crippen molar-refractivity contribution in [2.24, 2.45) is 0 Å². The van der Waals surface area contributed by atoms with Crippen LogP contribution in [0.25, 0.3) is 0 Å². The second kappa shape index (κ2) is 7.44. The lowest BCUT2D eigenvalue weighted by atomic mass is 9.89. The third kappa shape index (κ3) is 10.0. The molecule has 0 fully saturated rings. The summed E-state index contributed by atoms with van der Waals surface area (Å²) in [5.41, 5.74) is 0.570. The van der Waals surface area contributed by atoms with E-state index in [2.05, 4.69) is 68.7 Å². The number of halogens is 4. The quantitative estimate of drug-likeness (QED) is 0.515. The number of nitrogens with zero attached hydrogens (tertiary/aromatic N) is 2. The monoisotopic (exact) mass is 468 g/mol. The second-order valence-electron chi connectivity index (χ2n) is 2.53. The molecule has 0 atom stereocenters. The van der Waals surface area contributed by atoms with Gasteiger partial charge in [0.2, 0.25) is 0 Å². The molecule has 0 spiro atoms. The SMILES string of the molecule is BrC(Br)(Br)Br.CB(O)n1cnc(CO)c1.